The zero-order chi connectivity index (χ0) is 28.1. The third-order valence-corrected chi connectivity index (χ3v) is 13.8. The van der Waals surface area contributed by atoms with Crippen LogP contribution in [0.4, 0.5) is 0 Å². The molecule has 6 heteroatoms. The quantitative estimate of drug-likeness (QED) is 0.326. The Kier molecular flexibility index (Phi) is 6.52. The number of fused-ring (bicyclic) bond motifs is 7. The van der Waals surface area contributed by atoms with Crippen LogP contribution in [0.15, 0.2) is 11.6 Å². The first-order valence-corrected chi connectivity index (χ1v) is 15.1. The molecule has 0 saturated heterocycles. The highest BCUT2D eigenvalue weighted by molar-refractivity contribution is 5.76. The summed E-state index contributed by atoms with van der Waals surface area (Å²) in [4.78, 5) is 25.1. The number of rotatable bonds is 3. The minimum Gasteiger partial charge on any atom is -0.481 e. The molecule has 4 N–H and O–H groups in total. The van der Waals surface area contributed by atoms with Crippen LogP contribution in [-0.4, -0.2) is 40.9 Å². The molecule has 0 heterocycles. The predicted molar refractivity (Wildman–Crippen MR) is 147 cm³/mol. The summed E-state index contributed by atoms with van der Waals surface area (Å²) in [5, 5.41) is 22.0. The fraction of sp³-hybridized carbons (Fsp3) is 0.875. The highest BCUT2D eigenvalue weighted by atomic mass is 16.6. The Bertz CT molecular complexity index is 1040. The van der Waals surface area contributed by atoms with Gasteiger partial charge >= 0.3 is 11.9 Å². The molecule has 0 aliphatic heterocycles. The van der Waals surface area contributed by atoms with Crippen molar-refractivity contribution in [1.82, 2.24) is 0 Å². The Morgan fingerprint density at radius 3 is 2.34 bits per heavy atom. The maximum absolute atomic E-state index is 12.9. The molecular formula is C32H51NO5. The number of hydrogen-bond donors (Lipinski definition) is 3. The summed E-state index contributed by atoms with van der Waals surface area (Å²) in [6.45, 7) is 16.0. The van der Waals surface area contributed by atoms with Crippen LogP contribution in [0.25, 0.3) is 0 Å². The number of aliphatic hydroxyl groups is 1. The van der Waals surface area contributed by atoms with E-state index in [4.69, 9.17) is 10.5 Å². The van der Waals surface area contributed by atoms with E-state index in [9.17, 15) is 19.8 Å². The van der Waals surface area contributed by atoms with Gasteiger partial charge in [-0.3, -0.25) is 9.59 Å². The second kappa shape index (κ2) is 8.80. The second-order valence-corrected chi connectivity index (χ2v) is 15.3. The van der Waals surface area contributed by atoms with E-state index < -0.39 is 35.0 Å². The van der Waals surface area contributed by atoms with Crippen LogP contribution in [0.2, 0.25) is 0 Å². The monoisotopic (exact) mass is 529 g/mol. The van der Waals surface area contributed by atoms with Crippen LogP contribution < -0.4 is 5.73 Å². The molecule has 0 bridgehead atoms. The van der Waals surface area contributed by atoms with Gasteiger partial charge in [0.15, 0.2) is 0 Å². The van der Waals surface area contributed by atoms with Crippen molar-refractivity contribution in [2.75, 3.05) is 6.54 Å². The number of carboxylic acid groups (broad SMARTS) is 1. The Balaban J connectivity index is 1.59. The third-order valence-electron chi connectivity index (χ3n) is 13.8. The molecule has 5 aliphatic carbocycles. The lowest BCUT2D eigenvalue weighted by Crippen LogP contribution is -2.67. The van der Waals surface area contributed by atoms with Gasteiger partial charge in [0, 0.05) is 0 Å². The van der Waals surface area contributed by atoms with Gasteiger partial charge in [-0.15, -0.1) is 0 Å². The van der Waals surface area contributed by atoms with E-state index in [0.717, 1.165) is 44.9 Å². The van der Waals surface area contributed by atoms with Gasteiger partial charge in [-0.05, 0) is 103 Å². The van der Waals surface area contributed by atoms with Gasteiger partial charge in [-0.1, -0.05) is 60.1 Å². The van der Waals surface area contributed by atoms with Crippen LogP contribution in [0.3, 0.4) is 0 Å². The van der Waals surface area contributed by atoms with E-state index in [-0.39, 0.29) is 28.7 Å². The minimum absolute atomic E-state index is 0.00814. The van der Waals surface area contributed by atoms with Gasteiger partial charge in [0.25, 0.3) is 0 Å². The summed E-state index contributed by atoms with van der Waals surface area (Å²) in [5.41, 5.74) is 5.80. The van der Waals surface area contributed by atoms with Crippen molar-refractivity contribution in [1.29, 1.82) is 0 Å². The SMILES string of the molecule is C[C@@H]1CC[C@]2(C(=O)O)CC[C@]3(C)C(=CCC4[C@@]5(C)C[C@@H](OC(=O)CN)[C@H](O)C(C)(C)C5CC[C@]43C)C2[C@H]1C. The van der Waals surface area contributed by atoms with E-state index >= 15 is 0 Å². The summed E-state index contributed by atoms with van der Waals surface area (Å²) in [6.07, 6.45) is 8.29. The number of aliphatic carboxylic acids is 1. The Hall–Kier alpha value is -1.40. The van der Waals surface area contributed by atoms with Crippen molar-refractivity contribution in [2.24, 2.45) is 62.4 Å². The molecule has 3 unspecified atom stereocenters. The summed E-state index contributed by atoms with van der Waals surface area (Å²) in [7, 11) is 0. The summed E-state index contributed by atoms with van der Waals surface area (Å²) in [5.74, 6) is 0.580. The molecule has 38 heavy (non-hydrogen) atoms. The lowest BCUT2D eigenvalue weighted by molar-refractivity contribution is -0.238. The molecule has 5 aliphatic rings. The predicted octanol–water partition coefficient (Wildman–Crippen LogP) is 5.57. The number of carbonyl (C=O) groups excluding carboxylic acids is 1. The largest absolute Gasteiger partial charge is 0.481 e. The zero-order valence-electron chi connectivity index (χ0n) is 24.7. The van der Waals surface area contributed by atoms with Crippen LogP contribution in [0, 0.1) is 56.7 Å². The smallest absolute Gasteiger partial charge is 0.320 e. The van der Waals surface area contributed by atoms with Crippen molar-refractivity contribution < 1.29 is 24.5 Å². The molecular weight excluding hydrogens is 478 g/mol. The molecule has 0 radical (unpaired) electrons. The maximum Gasteiger partial charge on any atom is 0.320 e. The molecule has 0 spiro atoms. The fourth-order valence-corrected chi connectivity index (χ4v) is 11.3. The molecule has 11 atom stereocenters. The van der Waals surface area contributed by atoms with Crippen LogP contribution in [0.1, 0.15) is 99.8 Å². The second-order valence-electron chi connectivity index (χ2n) is 15.3. The number of hydrogen-bond acceptors (Lipinski definition) is 5. The van der Waals surface area contributed by atoms with Gasteiger partial charge in [0.2, 0.25) is 0 Å². The molecule has 5 rings (SSSR count). The summed E-state index contributed by atoms with van der Waals surface area (Å²) < 4.78 is 5.79. The number of carboxylic acids is 1. The van der Waals surface area contributed by atoms with E-state index in [1.807, 2.05) is 0 Å². The van der Waals surface area contributed by atoms with E-state index in [0.29, 0.717) is 30.1 Å². The van der Waals surface area contributed by atoms with Gasteiger partial charge in [0.05, 0.1) is 18.1 Å². The molecule has 0 aromatic heterocycles. The summed E-state index contributed by atoms with van der Waals surface area (Å²) in [6, 6.07) is 0. The van der Waals surface area contributed by atoms with Crippen molar-refractivity contribution in [3.05, 3.63) is 11.6 Å². The lowest BCUT2D eigenvalue weighted by atomic mass is 9.33. The molecule has 0 amide bonds. The zero-order valence-corrected chi connectivity index (χ0v) is 24.7. The summed E-state index contributed by atoms with van der Waals surface area (Å²) >= 11 is 0. The highest BCUT2D eigenvalue weighted by Gasteiger charge is 2.70. The van der Waals surface area contributed by atoms with Crippen molar-refractivity contribution in [3.63, 3.8) is 0 Å². The highest BCUT2D eigenvalue weighted by Crippen LogP contribution is 2.75. The number of aliphatic hydroxyl groups excluding tert-OH is 1. The first kappa shape index (κ1) is 28.1. The van der Waals surface area contributed by atoms with Crippen LogP contribution in [-0.2, 0) is 14.3 Å². The molecule has 214 valence electrons. The van der Waals surface area contributed by atoms with Gasteiger partial charge in [0.1, 0.15) is 6.10 Å². The maximum atomic E-state index is 12.9. The number of ether oxygens (including phenoxy) is 1. The Morgan fingerprint density at radius 2 is 1.71 bits per heavy atom. The van der Waals surface area contributed by atoms with Crippen LogP contribution in [0.5, 0.6) is 0 Å². The number of allylic oxidation sites excluding steroid dienone is 2. The Labute approximate surface area is 229 Å². The fourth-order valence-electron chi connectivity index (χ4n) is 11.3. The van der Waals surface area contributed by atoms with Gasteiger partial charge in [-0.2, -0.15) is 0 Å². The molecule has 4 saturated carbocycles. The number of nitrogens with two attached hydrogens (primary N) is 1. The number of esters is 1. The van der Waals surface area contributed by atoms with Crippen molar-refractivity contribution in [3.8, 4) is 0 Å². The van der Waals surface area contributed by atoms with E-state index in [2.05, 4.69) is 54.5 Å². The molecule has 6 nitrogen and oxygen atoms in total. The lowest BCUT2D eigenvalue weighted by Gasteiger charge is -2.71. The van der Waals surface area contributed by atoms with E-state index in [1.54, 1.807) is 0 Å². The average Bonchev–Trinajstić information content (AvgIpc) is 2.84. The first-order chi connectivity index (χ1) is 17.6. The van der Waals surface area contributed by atoms with Crippen molar-refractivity contribution >= 4 is 11.9 Å². The van der Waals surface area contributed by atoms with Gasteiger partial charge in [-0.25, -0.2) is 0 Å². The molecule has 0 aromatic rings. The van der Waals surface area contributed by atoms with Gasteiger partial charge < -0.3 is 20.7 Å². The first-order valence-electron chi connectivity index (χ1n) is 15.1. The Morgan fingerprint density at radius 1 is 1.03 bits per heavy atom. The normalized spacial score (nSPS) is 51.4. The standard InChI is InChI=1S/C32H51NO5/c1-18-10-13-32(27(36)37)15-14-30(6)20(25(32)19(18)2)8-9-23-29(5)16-21(38-24(34)17-33)26(35)28(3,4)22(29)11-12-31(23,30)7/h8,18-19,21-23,25-26,35H,9-17,33H2,1-7H3,(H,36,37)/t18-,19+,21-,22?,23?,25?,26+,29+,30-,31-,32+/m1/s1. The van der Waals surface area contributed by atoms with Crippen LogP contribution >= 0.6 is 0 Å². The minimum atomic E-state index is -0.721. The van der Waals surface area contributed by atoms with E-state index in [1.165, 1.54) is 5.57 Å². The van der Waals surface area contributed by atoms with Crippen molar-refractivity contribution in [2.45, 2.75) is 112 Å². The molecule has 0 aromatic carbocycles. The average molecular weight is 530 g/mol. The third kappa shape index (κ3) is 3.44. The molecule has 4 fully saturated rings. The topological polar surface area (TPSA) is 110 Å². The number of carbonyl (C=O) groups is 2.